The zero-order valence-electron chi connectivity index (χ0n) is 13.8. The van der Waals surface area contributed by atoms with E-state index in [2.05, 4.69) is 15.6 Å². The molecule has 1 aromatic heterocycles. The summed E-state index contributed by atoms with van der Waals surface area (Å²) in [7, 11) is 0. The van der Waals surface area contributed by atoms with E-state index >= 15 is 0 Å². The number of carbonyl (C=O) groups is 2. The minimum absolute atomic E-state index is 0.0195. The summed E-state index contributed by atoms with van der Waals surface area (Å²) in [4.78, 5) is 27.8. The lowest BCUT2D eigenvalue weighted by atomic mass is 10.1. The molecule has 6 heteroatoms. The molecule has 1 unspecified atom stereocenters. The van der Waals surface area contributed by atoms with E-state index in [9.17, 15) is 9.59 Å². The van der Waals surface area contributed by atoms with Gasteiger partial charge in [0.15, 0.2) is 5.78 Å². The monoisotopic (exact) mass is 331 g/mol. The van der Waals surface area contributed by atoms with Gasteiger partial charge in [-0.05, 0) is 44.5 Å². The number of thiazole rings is 1. The number of benzene rings is 1. The fraction of sp³-hybridized carbons (Fsp3) is 0.353. The number of anilines is 1. The van der Waals surface area contributed by atoms with Crippen LogP contribution >= 0.6 is 11.3 Å². The molecule has 0 saturated heterocycles. The van der Waals surface area contributed by atoms with Gasteiger partial charge in [0.1, 0.15) is 0 Å². The fourth-order valence-electron chi connectivity index (χ4n) is 2.24. The van der Waals surface area contributed by atoms with Crippen molar-refractivity contribution in [2.75, 3.05) is 11.9 Å². The first kappa shape index (κ1) is 17.1. The zero-order valence-corrected chi connectivity index (χ0v) is 14.6. The Balaban J connectivity index is 1.89. The van der Waals surface area contributed by atoms with Gasteiger partial charge in [-0.15, -0.1) is 11.3 Å². The molecule has 0 fully saturated rings. The van der Waals surface area contributed by atoms with Gasteiger partial charge in [-0.3, -0.25) is 4.79 Å². The first-order valence-electron chi connectivity index (χ1n) is 7.45. The maximum Gasteiger partial charge on any atom is 0.319 e. The highest BCUT2D eigenvalue weighted by atomic mass is 32.1. The van der Waals surface area contributed by atoms with Gasteiger partial charge >= 0.3 is 6.03 Å². The van der Waals surface area contributed by atoms with Gasteiger partial charge in [-0.25, -0.2) is 9.78 Å². The molecular weight excluding hydrogens is 310 g/mol. The summed E-state index contributed by atoms with van der Waals surface area (Å²) in [6.45, 7) is 7.89. The van der Waals surface area contributed by atoms with Crippen LogP contribution in [0.1, 0.15) is 46.4 Å². The molecule has 0 aliphatic carbocycles. The number of amides is 2. The Hall–Kier alpha value is -2.21. The highest BCUT2D eigenvalue weighted by Gasteiger charge is 2.12. The van der Waals surface area contributed by atoms with Gasteiger partial charge < -0.3 is 10.6 Å². The van der Waals surface area contributed by atoms with Crippen LogP contribution in [0.5, 0.6) is 0 Å². The highest BCUT2D eigenvalue weighted by molar-refractivity contribution is 7.09. The van der Waals surface area contributed by atoms with Crippen LogP contribution in [-0.4, -0.2) is 23.3 Å². The SMILES string of the molecule is CC(=O)c1ccc(NC(=O)NCC(C)c2nc(C)cs2)cc1C. The van der Waals surface area contributed by atoms with E-state index in [0.29, 0.717) is 17.8 Å². The lowest BCUT2D eigenvalue weighted by Crippen LogP contribution is -2.31. The van der Waals surface area contributed by atoms with Gasteiger partial charge in [0.05, 0.1) is 5.01 Å². The summed E-state index contributed by atoms with van der Waals surface area (Å²) in [5.41, 5.74) is 3.19. The van der Waals surface area contributed by atoms with Crippen molar-refractivity contribution in [3.63, 3.8) is 0 Å². The molecule has 2 rings (SSSR count). The van der Waals surface area contributed by atoms with Gasteiger partial charge in [-0.2, -0.15) is 0 Å². The molecule has 0 spiro atoms. The van der Waals surface area contributed by atoms with Crippen molar-refractivity contribution < 1.29 is 9.59 Å². The second-order valence-electron chi connectivity index (χ2n) is 5.65. The Kier molecular flexibility index (Phi) is 5.50. The second-order valence-corrected chi connectivity index (χ2v) is 6.54. The van der Waals surface area contributed by atoms with E-state index in [1.54, 1.807) is 29.5 Å². The fourth-order valence-corrected chi connectivity index (χ4v) is 3.10. The third-order valence-corrected chi connectivity index (χ3v) is 4.68. The molecule has 2 N–H and O–H groups in total. The molecule has 2 aromatic rings. The summed E-state index contributed by atoms with van der Waals surface area (Å²) in [5, 5.41) is 8.65. The maximum atomic E-state index is 12.0. The molecule has 1 atom stereocenters. The normalized spacial score (nSPS) is 11.8. The number of hydrogen-bond donors (Lipinski definition) is 2. The minimum atomic E-state index is -0.264. The number of nitrogens with zero attached hydrogens (tertiary/aromatic N) is 1. The quantitative estimate of drug-likeness (QED) is 0.817. The van der Waals surface area contributed by atoms with Crippen molar-refractivity contribution in [1.82, 2.24) is 10.3 Å². The van der Waals surface area contributed by atoms with Crippen LogP contribution in [0, 0.1) is 13.8 Å². The number of Topliss-reactive ketones (excluding diaryl/α,β-unsaturated/α-hetero) is 1. The van der Waals surface area contributed by atoms with E-state index in [1.807, 2.05) is 26.2 Å². The topological polar surface area (TPSA) is 71.1 Å². The number of nitrogens with one attached hydrogen (secondary N) is 2. The van der Waals surface area contributed by atoms with Crippen LogP contribution in [0.2, 0.25) is 0 Å². The molecule has 0 saturated carbocycles. The number of ketones is 1. The van der Waals surface area contributed by atoms with Crippen molar-refractivity contribution >= 4 is 28.8 Å². The summed E-state index contributed by atoms with van der Waals surface area (Å²) in [6, 6.07) is 5.00. The van der Waals surface area contributed by atoms with E-state index in [4.69, 9.17) is 0 Å². The Morgan fingerprint density at radius 2 is 2.04 bits per heavy atom. The number of urea groups is 1. The van der Waals surface area contributed by atoms with Crippen molar-refractivity contribution in [3.8, 4) is 0 Å². The molecule has 0 aliphatic heterocycles. The van der Waals surface area contributed by atoms with Gasteiger partial charge in [0, 0.05) is 34.8 Å². The smallest absolute Gasteiger partial charge is 0.319 e. The van der Waals surface area contributed by atoms with Gasteiger partial charge in [-0.1, -0.05) is 6.92 Å². The molecule has 1 aromatic carbocycles. The Labute approximate surface area is 140 Å². The highest BCUT2D eigenvalue weighted by Crippen LogP contribution is 2.19. The molecule has 122 valence electrons. The molecule has 5 nitrogen and oxygen atoms in total. The largest absolute Gasteiger partial charge is 0.337 e. The molecule has 2 amide bonds. The van der Waals surface area contributed by atoms with Crippen LogP contribution in [0.4, 0.5) is 10.5 Å². The number of aromatic nitrogens is 1. The first-order valence-corrected chi connectivity index (χ1v) is 8.33. The predicted molar refractivity (Wildman–Crippen MR) is 93.5 cm³/mol. The third kappa shape index (κ3) is 4.63. The van der Waals surface area contributed by atoms with E-state index in [1.165, 1.54) is 6.92 Å². The van der Waals surface area contributed by atoms with Crippen molar-refractivity contribution in [3.05, 3.63) is 45.4 Å². The van der Waals surface area contributed by atoms with Crippen molar-refractivity contribution in [2.45, 2.75) is 33.6 Å². The van der Waals surface area contributed by atoms with E-state index in [-0.39, 0.29) is 17.7 Å². The molecule has 0 aliphatic rings. The van der Waals surface area contributed by atoms with Crippen LogP contribution < -0.4 is 10.6 Å². The Morgan fingerprint density at radius 3 is 2.61 bits per heavy atom. The molecule has 0 radical (unpaired) electrons. The Bertz CT molecular complexity index is 724. The molecule has 0 bridgehead atoms. The summed E-state index contributed by atoms with van der Waals surface area (Å²) >= 11 is 1.60. The predicted octanol–water partition coefficient (Wildman–Crippen LogP) is 3.89. The standard InChI is InChI=1S/C17H21N3O2S/c1-10-7-14(5-6-15(10)13(4)21)20-17(22)18-8-11(2)16-19-12(3)9-23-16/h5-7,9,11H,8H2,1-4H3,(H2,18,20,22). The van der Waals surface area contributed by atoms with Crippen LogP contribution in [0.15, 0.2) is 23.6 Å². The number of rotatable bonds is 5. The first-order chi connectivity index (χ1) is 10.9. The van der Waals surface area contributed by atoms with Crippen molar-refractivity contribution in [2.24, 2.45) is 0 Å². The summed E-state index contributed by atoms with van der Waals surface area (Å²) in [5.74, 6) is 0.187. The number of carbonyl (C=O) groups excluding carboxylic acids is 2. The lowest BCUT2D eigenvalue weighted by Gasteiger charge is -2.12. The van der Waals surface area contributed by atoms with Gasteiger partial charge in [0.25, 0.3) is 0 Å². The van der Waals surface area contributed by atoms with Crippen LogP contribution in [0.25, 0.3) is 0 Å². The van der Waals surface area contributed by atoms with E-state index < -0.39 is 0 Å². The van der Waals surface area contributed by atoms with E-state index in [0.717, 1.165) is 16.3 Å². The summed E-state index contributed by atoms with van der Waals surface area (Å²) in [6.07, 6.45) is 0. The minimum Gasteiger partial charge on any atom is -0.337 e. The number of aryl methyl sites for hydroxylation is 2. The second kappa shape index (κ2) is 7.37. The van der Waals surface area contributed by atoms with Crippen LogP contribution in [0.3, 0.4) is 0 Å². The molecule has 23 heavy (non-hydrogen) atoms. The van der Waals surface area contributed by atoms with Gasteiger partial charge in [0.2, 0.25) is 0 Å². The summed E-state index contributed by atoms with van der Waals surface area (Å²) < 4.78 is 0. The maximum absolute atomic E-state index is 12.0. The van der Waals surface area contributed by atoms with Crippen molar-refractivity contribution in [1.29, 1.82) is 0 Å². The lowest BCUT2D eigenvalue weighted by molar-refractivity contribution is 0.101. The Morgan fingerprint density at radius 1 is 1.30 bits per heavy atom. The third-order valence-electron chi connectivity index (χ3n) is 3.49. The average Bonchev–Trinajstić information content (AvgIpc) is 2.91. The zero-order chi connectivity index (χ0) is 17.0. The van der Waals surface area contributed by atoms with Crippen LogP contribution in [-0.2, 0) is 0 Å². The molecule has 1 heterocycles. The molecular formula is C17H21N3O2S. The number of hydrogen-bond acceptors (Lipinski definition) is 4. The average molecular weight is 331 g/mol.